The van der Waals surface area contributed by atoms with Crippen LogP contribution in [0.2, 0.25) is 0 Å². The van der Waals surface area contributed by atoms with Gasteiger partial charge in [-0.25, -0.2) is 0 Å². The van der Waals surface area contributed by atoms with Gasteiger partial charge in [-0.1, -0.05) is 0 Å². The highest BCUT2D eigenvalue weighted by Gasteiger charge is 2.20. The molecule has 1 fully saturated rings. The van der Waals surface area contributed by atoms with E-state index in [0.29, 0.717) is 19.6 Å². The van der Waals surface area contributed by atoms with Gasteiger partial charge < -0.3 is 10.1 Å². The number of carbonyl (C=O) groups is 1. The summed E-state index contributed by atoms with van der Waals surface area (Å²) in [6, 6.07) is 0.266. The maximum absolute atomic E-state index is 10.6. The molecule has 1 unspecified atom stereocenters. The van der Waals surface area contributed by atoms with Crippen LogP contribution in [0.3, 0.4) is 0 Å². The van der Waals surface area contributed by atoms with Crippen molar-refractivity contribution in [2.75, 3.05) is 20.3 Å². The molecule has 0 amide bonds. The molecule has 1 N–H and O–H groups in total. The van der Waals surface area contributed by atoms with E-state index in [0.717, 1.165) is 0 Å². The van der Waals surface area contributed by atoms with Crippen LogP contribution in [0, 0.1) is 0 Å². The second-order valence-electron chi connectivity index (χ2n) is 2.28. The fourth-order valence-corrected chi connectivity index (χ4v) is 0.996. The highest BCUT2D eigenvalue weighted by Crippen LogP contribution is 2.00. The van der Waals surface area contributed by atoms with E-state index in [1.807, 2.05) is 0 Å². The van der Waals surface area contributed by atoms with Gasteiger partial charge in [-0.05, 0) is 0 Å². The van der Waals surface area contributed by atoms with E-state index >= 15 is 0 Å². The first-order valence-corrected chi connectivity index (χ1v) is 3.07. The normalized spacial score (nSPS) is 27.2. The van der Waals surface area contributed by atoms with Crippen molar-refractivity contribution >= 4 is 5.78 Å². The number of methoxy groups -OCH3 is 1. The quantitative estimate of drug-likeness (QED) is 0.549. The Bertz CT molecular complexity index is 114. The van der Waals surface area contributed by atoms with Crippen molar-refractivity contribution in [3.8, 4) is 0 Å². The summed E-state index contributed by atoms with van der Waals surface area (Å²) >= 11 is 0. The number of hydrogen-bond acceptors (Lipinski definition) is 3. The standard InChI is InChI=1S/C6H11NO2/c1-9-4-5-2-6(8)3-7-5/h5,7H,2-4H2,1H3. The minimum Gasteiger partial charge on any atom is -0.383 e. The van der Waals surface area contributed by atoms with Crippen molar-refractivity contribution in [3.63, 3.8) is 0 Å². The molecule has 0 aromatic carbocycles. The topological polar surface area (TPSA) is 38.3 Å². The number of Topliss-reactive ketones (excluding diaryl/α,β-unsaturated/α-hetero) is 1. The summed E-state index contributed by atoms with van der Waals surface area (Å²) in [6.45, 7) is 1.17. The van der Waals surface area contributed by atoms with E-state index in [1.54, 1.807) is 7.11 Å². The smallest absolute Gasteiger partial charge is 0.148 e. The molecule has 0 aliphatic carbocycles. The van der Waals surface area contributed by atoms with Gasteiger partial charge in [0.1, 0.15) is 5.78 Å². The van der Waals surface area contributed by atoms with Crippen LogP contribution in [-0.2, 0) is 9.53 Å². The van der Waals surface area contributed by atoms with Crippen LogP contribution in [0.5, 0.6) is 0 Å². The Labute approximate surface area is 54.4 Å². The van der Waals surface area contributed by atoms with Crippen LogP contribution < -0.4 is 5.32 Å². The highest BCUT2D eigenvalue weighted by molar-refractivity contribution is 5.83. The van der Waals surface area contributed by atoms with Crippen LogP contribution in [-0.4, -0.2) is 32.1 Å². The van der Waals surface area contributed by atoms with E-state index in [-0.39, 0.29) is 11.8 Å². The van der Waals surface area contributed by atoms with Crippen molar-refractivity contribution in [2.45, 2.75) is 12.5 Å². The molecule has 0 aromatic heterocycles. The van der Waals surface area contributed by atoms with Gasteiger partial charge in [-0.15, -0.1) is 0 Å². The lowest BCUT2D eigenvalue weighted by Gasteiger charge is -2.04. The van der Waals surface area contributed by atoms with Crippen LogP contribution >= 0.6 is 0 Å². The maximum atomic E-state index is 10.6. The third kappa shape index (κ3) is 1.77. The predicted octanol–water partition coefficient (Wildman–Crippen LogP) is -0.436. The monoisotopic (exact) mass is 129 g/mol. The van der Waals surface area contributed by atoms with Gasteiger partial charge in [-0.2, -0.15) is 0 Å². The largest absolute Gasteiger partial charge is 0.383 e. The van der Waals surface area contributed by atoms with Gasteiger partial charge in [0.05, 0.1) is 13.2 Å². The molecule has 0 radical (unpaired) electrons. The molecule has 0 aromatic rings. The molecule has 3 heteroatoms. The summed E-state index contributed by atoms with van der Waals surface area (Å²) in [5.41, 5.74) is 0. The molecule has 9 heavy (non-hydrogen) atoms. The first-order chi connectivity index (χ1) is 4.33. The summed E-state index contributed by atoms with van der Waals surface area (Å²) in [5.74, 6) is 0.289. The molecular weight excluding hydrogens is 118 g/mol. The number of ketones is 1. The molecule has 1 saturated heterocycles. The Balaban J connectivity index is 2.22. The molecule has 1 atom stereocenters. The molecule has 1 rings (SSSR count). The molecule has 3 nitrogen and oxygen atoms in total. The summed E-state index contributed by atoms with van der Waals surface area (Å²) in [5, 5.41) is 3.03. The molecular formula is C6H11NO2. The van der Waals surface area contributed by atoms with Crippen molar-refractivity contribution in [2.24, 2.45) is 0 Å². The Morgan fingerprint density at radius 3 is 3.11 bits per heavy atom. The average Bonchev–Trinajstić information content (AvgIpc) is 2.17. The number of carbonyl (C=O) groups excluding carboxylic acids is 1. The second-order valence-corrected chi connectivity index (χ2v) is 2.28. The van der Waals surface area contributed by atoms with Crippen molar-refractivity contribution < 1.29 is 9.53 Å². The predicted molar refractivity (Wildman–Crippen MR) is 33.3 cm³/mol. The number of hydrogen-bond donors (Lipinski definition) is 1. The van der Waals surface area contributed by atoms with Crippen LogP contribution in [0.1, 0.15) is 6.42 Å². The van der Waals surface area contributed by atoms with E-state index in [4.69, 9.17) is 4.74 Å². The summed E-state index contributed by atoms with van der Waals surface area (Å²) < 4.78 is 4.86. The zero-order valence-electron chi connectivity index (χ0n) is 5.52. The van der Waals surface area contributed by atoms with Crippen LogP contribution in [0.25, 0.3) is 0 Å². The lowest BCUT2D eigenvalue weighted by molar-refractivity contribution is -0.116. The Morgan fingerprint density at radius 1 is 1.89 bits per heavy atom. The van der Waals surface area contributed by atoms with Gasteiger partial charge >= 0.3 is 0 Å². The minimum absolute atomic E-state index is 0.266. The number of rotatable bonds is 2. The zero-order valence-corrected chi connectivity index (χ0v) is 5.52. The maximum Gasteiger partial charge on any atom is 0.148 e. The van der Waals surface area contributed by atoms with Gasteiger partial charge in [0, 0.05) is 19.6 Å². The first-order valence-electron chi connectivity index (χ1n) is 3.07. The Morgan fingerprint density at radius 2 is 2.67 bits per heavy atom. The summed E-state index contributed by atoms with van der Waals surface area (Å²) in [6.07, 6.45) is 0.633. The highest BCUT2D eigenvalue weighted by atomic mass is 16.5. The van der Waals surface area contributed by atoms with Gasteiger partial charge in [-0.3, -0.25) is 4.79 Å². The van der Waals surface area contributed by atoms with Gasteiger partial charge in [0.15, 0.2) is 0 Å². The molecule has 0 spiro atoms. The van der Waals surface area contributed by atoms with Gasteiger partial charge in [0.2, 0.25) is 0 Å². The van der Waals surface area contributed by atoms with Crippen LogP contribution in [0.15, 0.2) is 0 Å². The van der Waals surface area contributed by atoms with Crippen molar-refractivity contribution in [1.29, 1.82) is 0 Å². The van der Waals surface area contributed by atoms with E-state index in [1.165, 1.54) is 0 Å². The second kappa shape index (κ2) is 2.94. The lowest BCUT2D eigenvalue weighted by atomic mass is 10.2. The fraction of sp³-hybridized carbons (Fsp3) is 0.833. The Hall–Kier alpha value is -0.410. The minimum atomic E-state index is 0.266. The number of nitrogens with one attached hydrogen (secondary N) is 1. The van der Waals surface area contributed by atoms with Crippen molar-refractivity contribution in [3.05, 3.63) is 0 Å². The van der Waals surface area contributed by atoms with E-state index in [9.17, 15) is 4.79 Å². The molecule has 1 heterocycles. The zero-order chi connectivity index (χ0) is 6.69. The molecule has 0 bridgehead atoms. The average molecular weight is 129 g/mol. The summed E-state index contributed by atoms with van der Waals surface area (Å²) in [7, 11) is 1.64. The fourth-order valence-electron chi connectivity index (χ4n) is 0.996. The van der Waals surface area contributed by atoms with Crippen molar-refractivity contribution in [1.82, 2.24) is 5.32 Å². The Kier molecular flexibility index (Phi) is 2.19. The molecule has 0 saturated carbocycles. The van der Waals surface area contributed by atoms with E-state index in [2.05, 4.69) is 5.32 Å². The summed E-state index contributed by atoms with van der Waals surface area (Å²) in [4.78, 5) is 10.6. The third-order valence-electron chi connectivity index (χ3n) is 1.43. The SMILES string of the molecule is COCC1CC(=O)CN1. The number of ether oxygens (including phenoxy) is 1. The van der Waals surface area contributed by atoms with Gasteiger partial charge in [0.25, 0.3) is 0 Å². The molecule has 1 aliphatic heterocycles. The van der Waals surface area contributed by atoms with Crippen LogP contribution in [0.4, 0.5) is 0 Å². The molecule has 52 valence electrons. The lowest BCUT2D eigenvalue weighted by Crippen LogP contribution is -2.25. The third-order valence-corrected chi connectivity index (χ3v) is 1.43. The van der Waals surface area contributed by atoms with E-state index < -0.39 is 0 Å². The molecule has 1 aliphatic rings. The first kappa shape index (κ1) is 6.71.